The van der Waals surface area contributed by atoms with Gasteiger partial charge < -0.3 is 9.27 Å². The molecule has 2 aromatic heterocycles. The first-order valence-electron chi connectivity index (χ1n) is 5.90. The molecular formula is C13H9N4O2S2-. The Morgan fingerprint density at radius 1 is 1.24 bits per heavy atom. The maximum atomic E-state index is 10.7. The van der Waals surface area contributed by atoms with Crippen molar-refractivity contribution in [3.8, 4) is 21.8 Å². The Kier molecular flexibility index (Phi) is 4.00. The Hall–Kier alpha value is -2.16. The normalized spacial score (nSPS) is 12.0. The van der Waals surface area contributed by atoms with Crippen LogP contribution in [0.15, 0.2) is 48.4 Å². The van der Waals surface area contributed by atoms with Gasteiger partial charge >= 0.3 is 0 Å². The lowest BCUT2D eigenvalue weighted by Crippen LogP contribution is -2.01. The first kappa shape index (κ1) is 13.8. The molecule has 0 radical (unpaired) electrons. The van der Waals surface area contributed by atoms with Crippen molar-refractivity contribution < 1.29 is 8.76 Å². The summed E-state index contributed by atoms with van der Waals surface area (Å²) in [6.45, 7) is 0. The van der Waals surface area contributed by atoms with E-state index in [4.69, 9.17) is 0 Å². The maximum absolute atomic E-state index is 10.7. The molecule has 0 aliphatic heterocycles. The SMILES string of the molecule is O=S([O-])Nc1cccc(-c2ncsc2-c2ccncn2)c1. The van der Waals surface area contributed by atoms with E-state index in [-0.39, 0.29) is 0 Å². The summed E-state index contributed by atoms with van der Waals surface area (Å²) in [5.74, 6) is 0. The van der Waals surface area contributed by atoms with E-state index in [0.717, 1.165) is 21.8 Å². The van der Waals surface area contributed by atoms with Crippen LogP contribution in [0, 0.1) is 0 Å². The molecule has 3 rings (SSSR count). The average Bonchev–Trinajstić information content (AvgIpc) is 2.97. The second kappa shape index (κ2) is 6.08. The number of hydrogen-bond acceptors (Lipinski definition) is 6. The lowest BCUT2D eigenvalue weighted by atomic mass is 10.1. The highest BCUT2D eigenvalue weighted by Crippen LogP contribution is 2.34. The predicted octanol–water partition coefficient (Wildman–Crippen LogP) is 2.47. The van der Waals surface area contributed by atoms with Crippen LogP contribution in [0.5, 0.6) is 0 Å². The molecule has 8 heteroatoms. The van der Waals surface area contributed by atoms with Crippen LogP contribution in [0.4, 0.5) is 5.69 Å². The third kappa shape index (κ3) is 3.13. The van der Waals surface area contributed by atoms with Gasteiger partial charge in [0, 0.05) is 28.7 Å². The molecule has 2 heterocycles. The summed E-state index contributed by atoms with van der Waals surface area (Å²) >= 11 is -0.878. The Bertz CT molecular complexity index is 777. The molecule has 106 valence electrons. The molecule has 0 saturated carbocycles. The van der Waals surface area contributed by atoms with Crippen molar-refractivity contribution in [2.75, 3.05) is 4.72 Å². The third-order valence-corrected chi connectivity index (χ3v) is 3.97. The summed E-state index contributed by atoms with van der Waals surface area (Å²) in [7, 11) is 0. The van der Waals surface area contributed by atoms with Gasteiger partial charge in [0.15, 0.2) is 0 Å². The fourth-order valence-corrected chi connectivity index (χ4v) is 2.99. The topological polar surface area (TPSA) is 90.8 Å². The van der Waals surface area contributed by atoms with Crippen LogP contribution >= 0.6 is 11.3 Å². The molecule has 21 heavy (non-hydrogen) atoms. The number of anilines is 1. The van der Waals surface area contributed by atoms with E-state index in [9.17, 15) is 8.76 Å². The van der Waals surface area contributed by atoms with E-state index in [1.807, 2.05) is 12.1 Å². The van der Waals surface area contributed by atoms with Crippen LogP contribution in [-0.2, 0) is 11.3 Å². The van der Waals surface area contributed by atoms with E-state index in [0.29, 0.717) is 5.69 Å². The molecule has 6 nitrogen and oxygen atoms in total. The molecule has 1 unspecified atom stereocenters. The van der Waals surface area contributed by atoms with Crippen LogP contribution in [0.3, 0.4) is 0 Å². The minimum absolute atomic E-state index is 0.488. The van der Waals surface area contributed by atoms with Crippen molar-refractivity contribution in [1.29, 1.82) is 0 Å². The van der Waals surface area contributed by atoms with Gasteiger partial charge in [-0.25, -0.2) is 15.0 Å². The van der Waals surface area contributed by atoms with Gasteiger partial charge in [0.25, 0.3) is 0 Å². The Balaban J connectivity index is 2.02. The van der Waals surface area contributed by atoms with Crippen LogP contribution in [0.2, 0.25) is 0 Å². The molecule has 3 aromatic rings. The zero-order valence-electron chi connectivity index (χ0n) is 10.6. The van der Waals surface area contributed by atoms with Crippen molar-refractivity contribution in [1.82, 2.24) is 15.0 Å². The third-order valence-electron chi connectivity index (χ3n) is 2.72. The predicted molar refractivity (Wildman–Crippen MR) is 81.1 cm³/mol. The van der Waals surface area contributed by atoms with Gasteiger partial charge in [-0.15, -0.1) is 11.3 Å². The number of thiazole rings is 1. The standard InChI is InChI=1S/C13H10N4O2S2/c18-21(19)17-10-3-1-2-9(6-10)12-13(20-8-16-12)11-4-5-14-7-15-11/h1-8,17H,(H,18,19)/p-1. The number of nitrogens with zero attached hydrogens (tertiary/aromatic N) is 3. The summed E-state index contributed by atoms with van der Waals surface area (Å²) in [6.07, 6.45) is 3.15. The molecule has 0 bridgehead atoms. The second-order valence-electron chi connectivity index (χ2n) is 4.04. The maximum Gasteiger partial charge on any atom is 0.116 e. The second-order valence-corrected chi connectivity index (χ2v) is 5.57. The highest BCUT2D eigenvalue weighted by molar-refractivity contribution is 7.80. The summed E-state index contributed by atoms with van der Waals surface area (Å²) in [4.78, 5) is 13.4. The first-order chi connectivity index (χ1) is 10.2. The Morgan fingerprint density at radius 2 is 2.14 bits per heavy atom. The summed E-state index contributed by atoms with van der Waals surface area (Å²) in [5.41, 5.74) is 4.59. The largest absolute Gasteiger partial charge is 0.755 e. The van der Waals surface area contributed by atoms with Crippen LogP contribution < -0.4 is 4.72 Å². The molecule has 1 N–H and O–H groups in total. The zero-order valence-corrected chi connectivity index (χ0v) is 12.2. The smallest absolute Gasteiger partial charge is 0.116 e. The van der Waals surface area contributed by atoms with E-state index in [2.05, 4.69) is 19.7 Å². The molecular weight excluding hydrogens is 308 g/mol. The highest BCUT2D eigenvalue weighted by atomic mass is 32.2. The van der Waals surface area contributed by atoms with E-state index >= 15 is 0 Å². The monoisotopic (exact) mass is 317 g/mol. The van der Waals surface area contributed by atoms with Gasteiger partial charge in [0.2, 0.25) is 0 Å². The fraction of sp³-hybridized carbons (Fsp3) is 0. The lowest BCUT2D eigenvalue weighted by molar-refractivity contribution is 0.542. The van der Waals surface area contributed by atoms with Crippen molar-refractivity contribution in [3.05, 3.63) is 48.4 Å². The van der Waals surface area contributed by atoms with Gasteiger partial charge in [-0.1, -0.05) is 12.1 Å². The minimum Gasteiger partial charge on any atom is -0.755 e. The summed E-state index contributed by atoms with van der Waals surface area (Å²) < 4.78 is 23.8. The first-order valence-corrected chi connectivity index (χ1v) is 7.86. The average molecular weight is 317 g/mol. The quantitative estimate of drug-likeness (QED) is 0.746. The zero-order chi connectivity index (χ0) is 14.7. The van der Waals surface area contributed by atoms with Crippen molar-refractivity contribution in [3.63, 3.8) is 0 Å². The molecule has 1 atom stereocenters. The van der Waals surface area contributed by atoms with Crippen LogP contribution in [0.1, 0.15) is 0 Å². The van der Waals surface area contributed by atoms with Crippen molar-refractivity contribution >= 4 is 28.3 Å². The molecule has 0 fully saturated rings. The number of benzene rings is 1. The van der Waals surface area contributed by atoms with E-state index in [1.165, 1.54) is 17.7 Å². The number of nitrogens with one attached hydrogen (secondary N) is 1. The summed E-state index contributed by atoms with van der Waals surface area (Å²) in [6, 6.07) is 8.86. The lowest BCUT2D eigenvalue weighted by Gasteiger charge is -2.09. The van der Waals surface area contributed by atoms with E-state index in [1.54, 1.807) is 29.9 Å². The van der Waals surface area contributed by atoms with Gasteiger partial charge in [0.1, 0.15) is 6.33 Å². The minimum atomic E-state index is -2.35. The molecule has 0 aliphatic carbocycles. The van der Waals surface area contributed by atoms with E-state index < -0.39 is 11.3 Å². The van der Waals surface area contributed by atoms with Gasteiger partial charge in [0.05, 0.1) is 21.8 Å². The van der Waals surface area contributed by atoms with Gasteiger partial charge in [-0.2, -0.15) is 0 Å². The van der Waals surface area contributed by atoms with Crippen molar-refractivity contribution in [2.45, 2.75) is 0 Å². The fourth-order valence-electron chi connectivity index (χ4n) is 1.88. The number of rotatable bonds is 4. The Labute approximate surface area is 127 Å². The summed E-state index contributed by atoms with van der Waals surface area (Å²) in [5, 5.41) is 0. The highest BCUT2D eigenvalue weighted by Gasteiger charge is 2.12. The molecule has 1 aromatic carbocycles. The number of aromatic nitrogens is 3. The molecule has 0 spiro atoms. The van der Waals surface area contributed by atoms with Crippen LogP contribution in [-0.4, -0.2) is 23.7 Å². The van der Waals surface area contributed by atoms with Crippen molar-refractivity contribution in [2.24, 2.45) is 0 Å². The van der Waals surface area contributed by atoms with Gasteiger partial charge in [-0.3, -0.25) is 4.21 Å². The molecule has 0 amide bonds. The molecule has 0 aliphatic rings. The molecule has 0 saturated heterocycles. The number of hydrogen-bond donors (Lipinski definition) is 1. The Morgan fingerprint density at radius 3 is 2.90 bits per heavy atom. The van der Waals surface area contributed by atoms with Gasteiger partial charge in [-0.05, 0) is 18.2 Å². The van der Waals surface area contributed by atoms with Crippen LogP contribution in [0.25, 0.3) is 21.8 Å².